The van der Waals surface area contributed by atoms with Gasteiger partial charge in [-0.2, -0.15) is 4.57 Å². The molecule has 2 heterocycles. The molecule has 6 rings (SSSR count). The van der Waals surface area contributed by atoms with Crippen molar-refractivity contribution in [3.05, 3.63) is 64.8 Å². The van der Waals surface area contributed by atoms with Crippen molar-refractivity contribution in [1.29, 1.82) is 0 Å². The molecule has 1 saturated carbocycles. The van der Waals surface area contributed by atoms with Gasteiger partial charge < -0.3 is 4.74 Å². The largest absolute Gasteiger partial charge is 0.449 e. The van der Waals surface area contributed by atoms with Crippen LogP contribution in [0, 0.1) is 25.7 Å². The van der Waals surface area contributed by atoms with Crippen molar-refractivity contribution in [1.82, 2.24) is 0 Å². The molecule has 0 saturated heterocycles. The maximum atomic E-state index is 6.86. The third-order valence-corrected chi connectivity index (χ3v) is 8.14. The fourth-order valence-corrected chi connectivity index (χ4v) is 6.42. The summed E-state index contributed by atoms with van der Waals surface area (Å²) in [5, 5.41) is 5.06. The van der Waals surface area contributed by atoms with Gasteiger partial charge in [-0.05, 0) is 84.4 Å². The van der Waals surface area contributed by atoms with Crippen molar-refractivity contribution in [2.45, 2.75) is 66.2 Å². The predicted molar refractivity (Wildman–Crippen MR) is 142 cm³/mol. The molecule has 34 heavy (non-hydrogen) atoms. The van der Waals surface area contributed by atoms with Gasteiger partial charge in [0, 0.05) is 16.2 Å². The summed E-state index contributed by atoms with van der Waals surface area (Å²) in [5.74, 6) is 3.50. The van der Waals surface area contributed by atoms with Gasteiger partial charge in [0.05, 0.1) is 5.56 Å². The van der Waals surface area contributed by atoms with E-state index in [0.29, 0.717) is 5.92 Å². The fraction of sp³-hybridized carbons (Fsp3) is 0.406. The maximum Gasteiger partial charge on any atom is 0.257 e. The number of rotatable bonds is 4. The van der Waals surface area contributed by atoms with Gasteiger partial charge in [-0.15, -0.1) is 0 Å². The van der Waals surface area contributed by atoms with E-state index < -0.39 is 0 Å². The van der Waals surface area contributed by atoms with Crippen LogP contribution in [-0.4, -0.2) is 0 Å². The van der Waals surface area contributed by atoms with E-state index in [1.54, 1.807) is 0 Å². The monoisotopic (exact) mass is 450 g/mol. The summed E-state index contributed by atoms with van der Waals surface area (Å²) in [7, 11) is 2.17. The first-order chi connectivity index (χ1) is 16.4. The third kappa shape index (κ3) is 3.50. The lowest BCUT2D eigenvalue weighted by Gasteiger charge is -2.24. The number of aromatic nitrogens is 1. The zero-order valence-corrected chi connectivity index (χ0v) is 21.3. The van der Waals surface area contributed by atoms with Gasteiger partial charge in [-0.1, -0.05) is 57.7 Å². The number of hydrogen-bond acceptors (Lipinski definition) is 1. The van der Waals surface area contributed by atoms with E-state index in [4.69, 9.17) is 4.74 Å². The highest BCUT2D eigenvalue weighted by atomic mass is 16.5. The molecule has 3 aromatic carbocycles. The number of hydrogen-bond donors (Lipinski definition) is 0. The second kappa shape index (κ2) is 8.12. The summed E-state index contributed by atoms with van der Waals surface area (Å²) in [6, 6.07) is 14.1. The minimum absolute atomic E-state index is 0.614. The van der Waals surface area contributed by atoms with E-state index in [9.17, 15) is 0 Å². The Kier molecular flexibility index (Phi) is 5.17. The lowest BCUT2D eigenvalue weighted by Crippen LogP contribution is -2.32. The maximum absolute atomic E-state index is 6.86. The molecule has 0 unspecified atom stereocenters. The average Bonchev–Trinajstić information content (AvgIpc) is 3.29. The standard InChI is InChI=1S/C32H36NO/c1-19(2)12-24-15-26-13-20(3)21(4)29-30(26)28(17-24)34-32-27-16-23(14-22-8-6-7-9-22)10-11-25(27)18-33(5)31(29)32/h10-11,13,15-19,22H,6-9,12,14H2,1-5H3/q+1. The third-order valence-electron chi connectivity index (χ3n) is 8.14. The van der Waals surface area contributed by atoms with Crippen LogP contribution in [0.2, 0.25) is 0 Å². The molecule has 2 nitrogen and oxygen atoms in total. The van der Waals surface area contributed by atoms with Crippen LogP contribution < -0.4 is 9.30 Å². The predicted octanol–water partition coefficient (Wildman–Crippen LogP) is 8.14. The number of aryl methyl sites for hydroxylation is 2. The summed E-state index contributed by atoms with van der Waals surface area (Å²) < 4.78 is 9.14. The number of pyridine rings is 1. The molecule has 0 N–H and O–H groups in total. The van der Waals surface area contributed by atoms with Gasteiger partial charge in [0.15, 0.2) is 6.20 Å². The molecule has 0 amide bonds. The van der Waals surface area contributed by atoms with E-state index in [1.165, 1.54) is 87.2 Å². The first-order valence-corrected chi connectivity index (χ1v) is 13.1. The highest BCUT2D eigenvalue weighted by molar-refractivity contribution is 6.07. The van der Waals surface area contributed by atoms with Crippen LogP contribution in [0.1, 0.15) is 61.8 Å². The van der Waals surface area contributed by atoms with Gasteiger partial charge in [0.2, 0.25) is 5.75 Å². The Morgan fingerprint density at radius 2 is 1.76 bits per heavy atom. The zero-order chi connectivity index (χ0) is 23.6. The van der Waals surface area contributed by atoms with Crippen molar-refractivity contribution in [3.8, 4) is 22.8 Å². The number of ether oxygens (including phenoxy) is 1. The summed E-state index contributed by atoms with van der Waals surface area (Å²) in [6.07, 6.45) is 10.1. The normalized spacial score (nSPS) is 15.4. The number of nitrogens with zero attached hydrogens (tertiary/aromatic N) is 1. The highest BCUT2D eigenvalue weighted by Gasteiger charge is 2.32. The molecular weight excluding hydrogens is 414 g/mol. The van der Waals surface area contributed by atoms with Crippen LogP contribution in [0.25, 0.3) is 32.8 Å². The summed E-state index contributed by atoms with van der Waals surface area (Å²) >= 11 is 0. The van der Waals surface area contributed by atoms with E-state index in [-0.39, 0.29) is 0 Å². The van der Waals surface area contributed by atoms with Crippen molar-refractivity contribution >= 4 is 21.5 Å². The summed E-state index contributed by atoms with van der Waals surface area (Å²) in [6.45, 7) is 9.09. The molecule has 0 spiro atoms. The molecule has 174 valence electrons. The van der Waals surface area contributed by atoms with Crippen molar-refractivity contribution in [2.75, 3.05) is 0 Å². The van der Waals surface area contributed by atoms with Gasteiger partial charge in [0.1, 0.15) is 12.8 Å². The van der Waals surface area contributed by atoms with Gasteiger partial charge in [-0.25, -0.2) is 0 Å². The molecule has 1 aliphatic carbocycles. The molecular formula is C32H36NO+. The van der Waals surface area contributed by atoms with Crippen LogP contribution in [0.4, 0.5) is 0 Å². The van der Waals surface area contributed by atoms with Crippen LogP contribution in [0.5, 0.6) is 11.5 Å². The van der Waals surface area contributed by atoms with Crippen molar-refractivity contribution in [3.63, 3.8) is 0 Å². The van der Waals surface area contributed by atoms with Crippen molar-refractivity contribution in [2.24, 2.45) is 18.9 Å². The molecule has 0 atom stereocenters. The Morgan fingerprint density at radius 1 is 0.971 bits per heavy atom. The molecule has 0 bridgehead atoms. The van der Waals surface area contributed by atoms with E-state index in [1.807, 2.05) is 0 Å². The molecule has 2 heteroatoms. The van der Waals surface area contributed by atoms with E-state index >= 15 is 0 Å². The number of fused-ring (bicyclic) bond motifs is 4. The van der Waals surface area contributed by atoms with Crippen LogP contribution in [0.3, 0.4) is 0 Å². The smallest absolute Gasteiger partial charge is 0.257 e. The number of benzene rings is 3. The minimum Gasteiger partial charge on any atom is -0.449 e. The molecule has 1 aliphatic heterocycles. The van der Waals surface area contributed by atoms with Crippen LogP contribution >= 0.6 is 0 Å². The fourth-order valence-electron chi connectivity index (χ4n) is 6.42. The second-order valence-electron chi connectivity index (χ2n) is 11.3. The first-order valence-electron chi connectivity index (χ1n) is 13.1. The SMILES string of the molecule is Cc1cc2cc(CC(C)C)cc3c2c(c1C)-c1c(c2cc(CC4CCCC4)ccc2c[n+]1C)O3. The Hall–Kier alpha value is -2.87. The van der Waals surface area contributed by atoms with Crippen LogP contribution in [-0.2, 0) is 19.9 Å². The molecule has 0 radical (unpaired) electrons. The van der Waals surface area contributed by atoms with Gasteiger partial charge in [0.25, 0.3) is 5.69 Å². The van der Waals surface area contributed by atoms with E-state index in [2.05, 4.69) is 81.9 Å². The van der Waals surface area contributed by atoms with Gasteiger partial charge >= 0.3 is 0 Å². The summed E-state index contributed by atoms with van der Waals surface area (Å²) in [4.78, 5) is 0. The molecule has 1 aromatic heterocycles. The highest BCUT2D eigenvalue weighted by Crippen LogP contribution is 2.50. The lowest BCUT2D eigenvalue weighted by molar-refractivity contribution is -0.659. The van der Waals surface area contributed by atoms with Gasteiger partial charge in [-0.3, -0.25) is 0 Å². The Bertz CT molecular complexity index is 1440. The topological polar surface area (TPSA) is 13.1 Å². The second-order valence-corrected chi connectivity index (χ2v) is 11.3. The first kappa shape index (κ1) is 21.6. The lowest BCUT2D eigenvalue weighted by atomic mass is 9.88. The zero-order valence-electron chi connectivity index (χ0n) is 21.3. The Balaban J connectivity index is 1.60. The Morgan fingerprint density at radius 3 is 2.53 bits per heavy atom. The summed E-state index contributed by atoms with van der Waals surface area (Å²) in [5.41, 5.74) is 8.06. The molecule has 4 aromatic rings. The Labute approximate surface area is 203 Å². The quantitative estimate of drug-likeness (QED) is 0.252. The van der Waals surface area contributed by atoms with E-state index in [0.717, 1.165) is 23.8 Å². The average molecular weight is 451 g/mol. The minimum atomic E-state index is 0.614. The molecule has 1 fully saturated rings. The molecule has 2 aliphatic rings. The van der Waals surface area contributed by atoms with Crippen LogP contribution in [0.15, 0.2) is 42.6 Å². The van der Waals surface area contributed by atoms with Crippen molar-refractivity contribution < 1.29 is 9.30 Å².